The van der Waals surface area contributed by atoms with Crippen molar-refractivity contribution in [3.05, 3.63) is 78.1 Å². The van der Waals surface area contributed by atoms with Gasteiger partial charge in [0.2, 0.25) is 0 Å². The molecule has 3 aromatic rings. The first kappa shape index (κ1) is 15.2. The Morgan fingerprint density at radius 3 is 2.52 bits per heavy atom. The van der Waals surface area contributed by atoms with E-state index in [0.717, 1.165) is 16.8 Å². The number of hydrogen-bond acceptors (Lipinski definition) is 4. The van der Waals surface area contributed by atoms with Gasteiger partial charge in [-0.2, -0.15) is 0 Å². The molecule has 0 spiro atoms. The third-order valence-electron chi connectivity index (χ3n) is 3.75. The number of rotatable bonds is 5. The number of anilines is 1. The number of aliphatic hydroxyl groups is 1. The van der Waals surface area contributed by atoms with Crippen LogP contribution in [0.25, 0.3) is 11.3 Å². The zero-order chi connectivity index (χ0) is 16.1. The van der Waals surface area contributed by atoms with Gasteiger partial charge < -0.3 is 10.4 Å². The fourth-order valence-electron chi connectivity index (χ4n) is 2.46. The van der Waals surface area contributed by atoms with Crippen LogP contribution in [0.3, 0.4) is 0 Å². The highest BCUT2D eigenvalue weighted by Crippen LogP contribution is 2.22. The SMILES string of the molecule is Cc1ccccc1-c1cc(NC[C@H](O)c2ccccc2)ncn1. The van der Waals surface area contributed by atoms with E-state index in [1.165, 1.54) is 5.56 Å². The Hall–Kier alpha value is -2.72. The Labute approximate surface area is 135 Å². The minimum atomic E-state index is -0.576. The van der Waals surface area contributed by atoms with Gasteiger partial charge in [-0.1, -0.05) is 54.6 Å². The van der Waals surface area contributed by atoms with Crippen molar-refractivity contribution < 1.29 is 5.11 Å². The summed E-state index contributed by atoms with van der Waals surface area (Å²) >= 11 is 0. The van der Waals surface area contributed by atoms with Crippen molar-refractivity contribution >= 4 is 5.82 Å². The fraction of sp³-hybridized carbons (Fsp3) is 0.158. The molecule has 2 aromatic carbocycles. The van der Waals surface area contributed by atoms with Gasteiger partial charge in [-0.25, -0.2) is 9.97 Å². The number of aryl methyl sites for hydroxylation is 1. The van der Waals surface area contributed by atoms with Crippen LogP contribution in [-0.4, -0.2) is 21.6 Å². The largest absolute Gasteiger partial charge is 0.387 e. The van der Waals surface area contributed by atoms with E-state index in [9.17, 15) is 5.11 Å². The molecule has 0 bridgehead atoms. The van der Waals surface area contributed by atoms with Crippen molar-refractivity contribution in [3.8, 4) is 11.3 Å². The highest BCUT2D eigenvalue weighted by Gasteiger charge is 2.08. The van der Waals surface area contributed by atoms with Gasteiger partial charge in [-0.15, -0.1) is 0 Å². The van der Waals surface area contributed by atoms with Gasteiger partial charge >= 0.3 is 0 Å². The van der Waals surface area contributed by atoms with Gasteiger partial charge in [0.05, 0.1) is 11.8 Å². The van der Waals surface area contributed by atoms with Crippen LogP contribution in [0.15, 0.2) is 67.0 Å². The normalized spacial score (nSPS) is 11.9. The van der Waals surface area contributed by atoms with Crippen molar-refractivity contribution in [2.24, 2.45) is 0 Å². The van der Waals surface area contributed by atoms with Crippen molar-refractivity contribution in [3.63, 3.8) is 0 Å². The molecule has 0 unspecified atom stereocenters. The van der Waals surface area contributed by atoms with E-state index in [1.54, 1.807) is 6.33 Å². The molecule has 2 N–H and O–H groups in total. The molecular formula is C19H19N3O. The number of nitrogens with zero attached hydrogens (tertiary/aromatic N) is 2. The van der Waals surface area contributed by atoms with Crippen LogP contribution in [-0.2, 0) is 0 Å². The highest BCUT2D eigenvalue weighted by atomic mass is 16.3. The Morgan fingerprint density at radius 1 is 1.00 bits per heavy atom. The molecule has 0 aliphatic rings. The van der Waals surface area contributed by atoms with Crippen molar-refractivity contribution in [2.45, 2.75) is 13.0 Å². The molecule has 0 aliphatic carbocycles. The van der Waals surface area contributed by atoms with Crippen LogP contribution in [0.1, 0.15) is 17.2 Å². The molecule has 0 radical (unpaired) electrons. The topological polar surface area (TPSA) is 58.0 Å². The summed E-state index contributed by atoms with van der Waals surface area (Å²) in [6, 6.07) is 19.6. The zero-order valence-electron chi connectivity index (χ0n) is 13.0. The van der Waals surface area contributed by atoms with E-state index in [4.69, 9.17) is 0 Å². The standard InChI is InChI=1S/C19H19N3O/c1-14-7-5-6-10-16(14)17-11-19(22-13-21-17)20-12-18(23)15-8-3-2-4-9-15/h2-11,13,18,23H,12H2,1H3,(H,20,21,22)/t18-/m0/s1. The molecule has 0 fully saturated rings. The molecule has 23 heavy (non-hydrogen) atoms. The number of hydrogen-bond donors (Lipinski definition) is 2. The summed E-state index contributed by atoms with van der Waals surface area (Å²) < 4.78 is 0. The van der Waals surface area contributed by atoms with E-state index in [1.807, 2.05) is 54.6 Å². The monoisotopic (exact) mass is 305 g/mol. The molecule has 1 heterocycles. The van der Waals surface area contributed by atoms with Crippen LogP contribution >= 0.6 is 0 Å². The molecule has 0 saturated heterocycles. The summed E-state index contributed by atoms with van der Waals surface area (Å²) in [6.45, 7) is 2.46. The van der Waals surface area contributed by atoms with E-state index in [0.29, 0.717) is 12.4 Å². The first-order valence-corrected chi connectivity index (χ1v) is 7.59. The number of benzene rings is 2. The molecule has 1 aromatic heterocycles. The summed E-state index contributed by atoms with van der Waals surface area (Å²) in [4.78, 5) is 8.57. The average molecular weight is 305 g/mol. The quantitative estimate of drug-likeness (QED) is 0.756. The van der Waals surface area contributed by atoms with E-state index in [2.05, 4.69) is 28.3 Å². The minimum Gasteiger partial charge on any atom is -0.387 e. The van der Waals surface area contributed by atoms with E-state index < -0.39 is 6.10 Å². The molecule has 0 saturated carbocycles. The highest BCUT2D eigenvalue weighted by molar-refractivity contribution is 5.65. The number of nitrogens with one attached hydrogen (secondary N) is 1. The molecule has 4 nitrogen and oxygen atoms in total. The lowest BCUT2D eigenvalue weighted by Gasteiger charge is -2.13. The van der Waals surface area contributed by atoms with Gasteiger partial charge in [0.15, 0.2) is 0 Å². The molecule has 1 atom stereocenters. The Balaban J connectivity index is 1.72. The average Bonchev–Trinajstić information content (AvgIpc) is 2.61. The zero-order valence-corrected chi connectivity index (χ0v) is 13.0. The molecular weight excluding hydrogens is 286 g/mol. The van der Waals surface area contributed by atoms with Gasteiger partial charge in [0, 0.05) is 18.2 Å². The lowest BCUT2D eigenvalue weighted by Crippen LogP contribution is -2.13. The second-order valence-electron chi connectivity index (χ2n) is 5.41. The smallest absolute Gasteiger partial charge is 0.130 e. The van der Waals surface area contributed by atoms with Crippen molar-refractivity contribution in [1.29, 1.82) is 0 Å². The van der Waals surface area contributed by atoms with E-state index >= 15 is 0 Å². The van der Waals surface area contributed by atoms with Crippen molar-refractivity contribution in [1.82, 2.24) is 9.97 Å². The molecule has 0 amide bonds. The third kappa shape index (κ3) is 3.73. The summed E-state index contributed by atoms with van der Waals surface area (Å²) in [5, 5.41) is 13.4. The van der Waals surface area contributed by atoms with Crippen LogP contribution in [0.4, 0.5) is 5.82 Å². The third-order valence-corrected chi connectivity index (χ3v) is 3.75. The molecule has 3 rings (SSSR count). The van der Waals surface area contributed by atoms with Crippen LogP contribution in [0.5, 0.6) is 0 Å². The predicted octanol–water partition coefficient (Wildman–Crippen LogP) is 3.60. The summed E-state index contributed by atoms with van der Waals surface area (Å²) in [7, 11) is 0. The second kappa shape index (κ2) is 7.03. The van der Waals surface area contributed by atoms with E-state index in [-0.39, 0.29) is 0 Å². The van der Waals surface area contributed by atoms with Gasteiger partial charge in [0.1, 0.15) is 12.1 Å². The van der Waals surface area contributed by atoms with Crippen LogP contribution in [0, 0.1) is 6.92 Å². The molecule has 116 valence electrons. The van der Waals surface area contributed by atoms with Gasteiger partial charge in [-0.3, -0.25) is 0 Å². The van der Waals surface area contributed by atoms with Gasteiger partial charge in [-0.05, 0) is 18.1 Å². The molecule has 0 aliphatic heterocycles. The number of aliphatic hydroxyl groups excluding tert-OH is 1. The maximum Gasteiger partial charge on any atom is 0.130 e. The fourth-order valence-corrected chi connectivity index (χ4v) is 2.46. The first-order chi connectivity index (χ1) is 11.2. The Kier molecular flexibility index (Phi) is 4.64. The van der Waals surface area contributed by atoms with Crippen LogP contribution in [0.2, 0.25) is 0 Å². The summed E-state index contributed by atoms with van der Waals surface area (Å²) in [5.41, 5.74) is 4.01. The van der Waals surface area contributed by atoms with Gasteiger partial charge in [0.25, 0.3) is 0 Å². The summed E-state index contributed by atoms with van der Waals surface area (Å²) in [6.07, 6.45) is 0.965. The lowest BCUT2D eigenvalue weighted by atomic mass is 10.1. The Morgan fingerprint density at radius 2 is 1.74 bits per heavy atom. The van der Waals surface area contributed by atoms with Crippen molar-refractivity contribution in [2.75, 3.05) is 11.9 Å². The summed E-state index contributed by atoms with van der Waals surface area (Å²) in [5.74, 6) is 0.702. The molecule has 4 heteroatoms. The maximum atomic E-state index is 10.2. The minimum absolute atomic E-state index is 0.397. The predicted molar refractivity (Wildman–Crippen MR) is 92.1 cm³/mol. The second-order valence-corrected chi connectivity index (χ2v) is 5.41. The Bertz CT molecular complexity index is 774. The maximum absolute atomic E-state index is 10.2. The number of aromatic nitrogens is 2. The first-order valence-electron chi connectivity index (χ1n) is 7.59. The lowest BCUT2D eigenvalue weighted by molar-refractivity contribution is 0.191. The van der Waals surface area contributed by atoms with Crippen LogP contribution < -0.4 is 5.32 Å².